The lowest BCUT2D eigenvalue weighted by atomic mass is 10.2. The molecule has 1 atom stereocenters. The maximum atomic E-state index is 11.9. The van der Waals surface area contributed by atoms with Crippen LogP contribution in [0.15, 0.2) is 24.3 Å². The van der Waals surface area contributed by atoms with Crippen LogP contribution >= 0.6 is 11.6 Å². The second-order valence-electron chi connectivity index (χ2n) is 6.05. The Labute approximate surface area is 148 Å². The summed E-state index contributed by atoms with van der Waals surface area (Å²) in [5.74, 6) is -0.276. The summed E-state index contributed by atoms with van der Waals surface area (Å²) in [6, 6.07) is 7.39. The van der Waals surface area contributed by atoms with E-state index in [9.17, 15) is 9.59 Å². The number of nitrogens with one attached hydrogen (secondary N) is 2. The third-order valence-corrected chi connectivity index (χ3v) is 4.50. The number of carbonyl (C=O) groups excluding carboxylic acids is 2. The number of amides is 3. The zero-order valence-electron chi connectivity index (χ0n) is 14.2. The molecule has 1 fully saturated rings. The van der Waals surface area contributed by atoms with E-state index in [1.165, 1.54) is 0 Å². The van der Waals surface area contributed by atoms with Crippen molar-refractivity contribution in [3.8, 4) is 0 Å². The lowest BCUT2D eigenvalue weighted by Crippen LogP contribution is -2.51. The van der Waals surface area contributed by atoms with E-state index in [1.54, 1.807) is 0 Å². The highest BCUT2D eigenvalue weighted by Crippen LogP contribution is 2.25. The van der Waals surface area contributed by atoms with E-state index in [1.807, 2.05) is 43.0 Å². The van der Waals surface area contributed by atoms with Gasteiger partial charge in [-0.05, 0) is 25.5 Å². The predicted octanol–water partition coefficient (Wildman–Crippen LogP) is 2.09. The van der Waals surface area contributed by atoms with Gasteiger partial charge in [-0.2, -0.15) is 0 Å². The largest absolute Gasteiger partial charge is 0.368 e. The van der Waals surface area contributed by atoms with Crippen molar-refractivity contribution < 1.29 is 9.59 Å². The van der Waals surface area contributed by atoms with Gasteiger partial charge in [0, 0.05) is 32.2 Å². The first-order valence-electron chi connectivity index (χ1n) is 8.31. The molecule has 0 bridgehead atoms. The fourth-order valence-corrected chi connectivity index (χ4v) is 2.84. The molecule has 7 heteroatoms. The summed E-state index contributed by atoms with van der Waals surface area (Å²) in [5.41, 5.74) is 1.02. The van der Waals surface area contributed by atoms with Gasteiger partial charge < -0.3 is 10.2 Å². The summed E-state index contributed by atoms with van der Waals surface area (Å²) in [6.45, 7) is 7.22. The number of anilines is 1. The van der Waals surface area contributed by atoms with Crippen molar-refractivity contribution in [1.82, 2.24) is 15.5 Å². The van der Waals surface area contributed by atoms with Crippen molar-refractivity contribution >= 4 is 29.2 Å². The minimum Gasteiger partial charge on any atom is -0.368 e. The van der Waals surface area contributed by atoms with Crippen molar-refractivity contribution in [3.05, 3.63) is 29.3 Å². The average Bonchev–Trinajstić information content (AvgIpc) is 2.55. The van der Waals surface area contributed by atoms with E-state index in [0.717, 1.165) is 43.3 Å². The number of imide groups is 1. The van der Waals surface area contributed by atoms with Gasteiger partial charge in [-0.3, -0.25) is 15.0 Å². The molecule has 0 unspecified atom stereocenters. The second-order valence-corrected chi connectivity index (χ2v) is 6.45. The normalized spacial score (nSPS) is 16.5. The third kappa shape index (κ3) is 5.39. The quantitative estimate of drug-likeness (QED) is 0.851. The molecule has 0 aromatic heterocycles. The summed E-state index contributed by atoms with van der Waals surface area (Å²) < 4.78 is 0. The van der Waals surface area contributed by atoms with Gasteiger partial charge in [0.1, 0.15) is 0 Å². The fraction of sp³-hybridized carbons (Fsp3) is 0.529. The maximum absolute atomic E-state index is 11.9. The number of halogens is 1. The predicted molar refractivity (Wildman–Crippen MR) is 96.5 cm³/mol. The molecular formula is C17H25ClN4O2. The topological polar surface area (TPSA) is 64.7 Å². The van der Waals surface area contributed by atoms with Crippen LogP contribution in [0, 0.1) is 0 Å². The number of hydrogen-bond donors (Lipinski definition) is 2. The standard InChI is InChI=1S/C17H25ClN4O2/c1-3-13(2)19-17(24)20-16(23)12-21-8-10-22(11-9-21)15-7-5-4-6-14(15)18/h4-7,13H,3,8-12H2,1-2H3,(H2,19,20,23,24)/t13-/m1/s1. The highest BCUT2D eigenvalue weighted by atomic mass is 35.5. The van der Waals surface area contributed by atoms with Gasteiger partial charge >= 0.3 is 6.03 Å². The van der Waals surface area contributed by atoms with Gasteiger partial charge in [-0.25, -0.2) is 4.79 Å². The Balaban J connectivity index is 1.76. The van der Waals surface area contributed by atoms with E-state index in [0.29, 0.717) is 0 Å². The van der Waals surface area contributed by atoms with Crippen molar-refractivity contribution in [3.63, 3.8) is 0 Å². The molecule has 0 radical (unpaired) electrons. The van der Waals surface area contributed by atoms with Crippen LogP contribution in [0.25, 0.3) is 0 Å². The van der Waals surface area contributed by atoms with Gasteiger partial charge in [-0.1, -0.05) is 30.7 Å². The number of benzene rings is 1. The van der Waals surface area contributed by atoms with Crippen LogP contribution in [-0.4, -0.2) is 55.6 Å². The Morgan fingerprint density at radius 3 is 2.50 bits per heavy atom. The summed E-state index contributed by atoms with van der Waals surface area (Å²) in [6.07, 6.45) is 0.825. The minimum atomic E-state index is -0.427. The lowest BCUT2D eigenvalue weighted by Gasteiger charge is -2.36. The number of para-hydroxylation sites is 1. The molecular weight excluding hydrogens is 328 g/mol. The number of carbonyl (C=O) groups is 2. The zero-order valence-corrected chi connectivity index (χ0v) is 15.0. The molecule has 24 heavy (non-hydrogen) atoms. The van der Waals surface area contributed by atoms with Crippen LogP contribution in [0.2, 0.25) is 5.02 Å². The molecule has 1 aliphatic heterocycles. The molecule has 0 saturated carbocycles. The SMILES string of the molecule is CC[C@@H](C)NC(=O)NC(=O)CN1CCN(c2ccccc2Cl)CC1. The summed E-state index contributed by atoms with van der Waals surface area (Å²) in [5, 5.41) is 5.84. The van der Waals surface area contributed by atoms with Crippen LogP contribution in [0.3, 0.4) is 0 Å². The van der Waals surface area contributed by atoms with Crippen LogP contribution < -0.4 is 15.5 Å². The van der Waals surface area contributed by atoms with Crippen LogP contribution in [-0.2, 0) is 4.79 Å². The number of rotatable bonds is 5. The highest BCUT2D eigenvalue weighted by molar-refractivity contribution is 6.33. The van der Waals surface area contributed by atoms with E-state index >= 15 is 0 Å². The number of hydrogen-bond acceptors (Lipinski definition) is 4. The summed E-state index contributed by atoms with van der Waals surface area (Å²) in [4.78, 5) is 27.9. The van der Waals surface area contributed by atoms with Crippen LogP contribution in [0.4, 0.5) is 10.5 Å². The molecule has 3 amide bonds. The summed E-state index contributed by atoms with van der Waals surface area (Å²) in [7, 11) is 0. The minimum absolute atomic E-state index is 0.0527. The molecule has 1 heterocycles. The second kappa shape index (κ2) is 8.89. The highest BCUT2D eigenvalue weighted by Gasteiger charge is 2.21. The van der Waals surface area contributed by atoms with Crippen molar-refractivity contribution in [2.45, 2.75) is 26.3 Å². The van der Waals surface area contributed by atoms with Crippen molar-refractivity contribution in [1.29, 1.82) is 0 Å². The molecule has 2 N–H and O–H groups in total. The third-order valence-electron chi connectivity index (χ3n) is 4.18. The van der Waals surface area contributed by atoms with E-state index in [-0.39, 0.29) is 18.5 Å². The number of urea groups is 1. The Kier molecular flexibility index (Phi) is 6.87. The van der Waals surface area contributed by atoms with Gasteiger partial charge in [0.2, 0.25) is 5.91 Å². The maximum Gasteiger partial charge on any atom is 0.321 e. The number of piperazine rings is 1. The molecule has 132 valence electrons. The monoisotopic (exact) mass is 352 g/mol. The first kappa shape index (κ1) is 18.5. The first-order valence-corrected chi connectivity index (χ1v) is 8.69. The molecule has 1 aromatic carbocycles. The molecule has 0 aliphatic carbocycles. The molecule has 1 aromatic rings. The Morgan fingerprint density at radius 2 is 1.88 bits per heavy atom. The average molecular weight is 353 g/mol. The van der Waals surface area contributed by atoms with Crippen LogP contribution in [0.1, 0.15) is 20.3 Å². The summed E-state index contributed by atoms with van der Waals surface area (Å²) >= 11 is 6.23. The van der Waals surface area contributed by atoms with E-state index in [2.05, 4.69) is 15.5 Å². The first-order chi connectivity index (χ1) is 11.5. The number of nitrogens with zero attached hydrogens (tertiary/aromatic N) is 2. The van der Waals surface area contributed by atoms with E-state index in [4.69, 9.17) is 11.6 Å². The Hall–Kier alpha value is -1.79. The van der Waals surface area contributed by atoms with Gasteiger partial charge in [0.15, 0.2) is 0 Å². The molecule has 1 aliphatic rings. The van der Waals surface area contributed by atoms with E-state index < -0.39 is 6.03 Å². The van der Waals surface area contributed by atoms with Gasteiger partial charge in [0.05, 0.1) is 17.3 Å². The van der Waals surface area contributed by atoms with Crippen molar-refractivity contribution in [2.75, 3.05) is 37.6 Å². The molecule has 0 spiro atoms. The van der Waals surface area contributed by atoms with Gasteiger partial charge in [0.25, 0.3) is 0 Å². The van der Waals surface area contributed by atoms with Gasteiger partial charge in [-0.15, -0.1) is 0 Å². The fourth-order valence-electron chi connectivity index (χ4n) is 2.59. The lowest BCUT2D eigenvalue weighted by molar-refractivity contribution is -0.121. The van der Waals surface area contributed by atoms with Crippen LogP contribution in [0.5, 0.6) is 0 Å². The Bertz CT molecular complexity index is 573. The molecule has 2 rings (SSSR count). The zero-order chi connectivity index (χ0) is 17.5. The molecule has 6 nitrogen and oxygen atoms in total. The smallest absolute Gasteiger partial charge is 0.321 e. The van der Waals surface area contributed by atoms with Crippen molar-refractivity contribution in [2.24, 2.45) is 0 Å². The Morgan fingerprint density at radius 1 is 1.21 bits per heavy atom. The molecule has 1 saturated heterocycles.